The SMILES string of the molecule is CCCCCCCCCCCCCCCCCCN1C=CN(CCCCCCCCCCCCCC)C1CCCCCCCCCCCCCC. The molecule has 1 aliphatic heterocycles. The molecule has 1 unspecified atom stereocenters. The van der Waals surface area contributed by atoms with Gasteiger partial charge in [-0.15, -0.1) is 0 Å². The lowest BCUT2D eigenvalue weighted by molar-refractivity contribution is 0.135. The molecule has 0 aromatic rings. The van der Waals surface area contributed by atoms with Crippen molar-refractivity contribution in [3.63, 3.8) is 0 Å². The summed E-state index contributed by atoms with van der Waals surface area (Å²) in [5.41, 5.74) is 0. The number of hydrogen-bond donors (Lipinski definition) is 0. The Morgan fingerprint density at radius 2 is 0.451 bits per heavy atom. The number of rotatable bonds is 43. The predicted octanol–water partition coefficient (Wildman–Crippen LogP) is 17.5. The van der Waals surface area contributed by atoms with Crippen molar-refractivity contribution in [3.05, 3.63) is 12.4 Å². The van der Waals surface area contributed by atoms with E-state index in [0.717, 1.165) is 0 Å². The Hall–Kier alpha value is -0.660. The molecule has 0 aromatic heterocycles. The molecule has 0 amide bonds. The van der Waals surface area contributed by atoms with Crippen LogP contribution in [0.25, 0.3) is 0 Å². The highest BCUT2D eigenvalue weighted by Gasteiger charge is 2.24. The standard InChI is InChI=1S/C49H98N2/c1-4-7-10-13-16-19-22-25-26-27-28-31-34-37-40-43-46-51-48-47-50(45-42-39-36-33-30-24-21-18-15-12-9-6-3)49(51)44-41-38-35-32-29-23-20-17-14-11-8-5-2/h47-49H,4-46H2,1-3H3. The smallest absolute Gasteiger partial charge is 0.101 e. The summed E-state index contributed by atoms with van der Waals surface area (Å²) in [7, 11) is 0. The molecule has 0 bridgehead atoms. The van der Waals surface area contributed by atoms with Gasteiger partial charge in [-0.3, -0.25) is 0 Å². The third kappa shape index (κ3) is 32.5. The van der Waals surface area contributed by atoms with Crippen LogP contribution in [0.3, 0.4) is 0 Å². The van der Waals surface area contributed by atoms with Crippen molar-refractivity contribution in [2.75, 3.05) is 13.1 Å². The first-order valence-electron chi connectivity index (χ1n) is 24.5. The molecule has 51 heavy (non-hydrogen) atoms. The molecule has 1 atom stereocenters. The maximum Gasteiger partial charge on any atom is 0.101 e. The van der Waals surface area contributed by atoms with Crippen molar-refractivity contribution < 1.29 is 0 Å². The first-order valence-corrected chi connectivity index (χ1v) is 24.5. The third-order valence-electron chi connectivity index (χ3n) is 12.1. The van der Waals surface area contributed by atoms with Gasteiger partial charge in [0.2, 0.25) is 0 Å². The van der Waals surface area contributed by atoms with Gasteiger partial charge in [0.25, 0.3) is 0 Å². The summed E-state index contributed by atoms with van der Waals surface area (Å²) >= 11 is 0. The predicted molar refractivity (Wildman–Crippen MR) is 233 cm³/mol. The highest BCUT2D eigenvalue weighted by atomic mass is 15.4. The van der Waals surface area contributed by atoms with Gasteiger partial charge in [-0.05, 0) is 25.7 Å². The average Bonchev–Trinajstić information content (AvgIpc) is 3.53. The van der Waals surface area contributed by atoms with Crippen LogP contribution in [0.5, 0.6) is 0 Å². The zero-order valence-corrected chi connectivity index (χ0v) is 36.0. The molecule has 2 nitrogen and oxygen atoms in total. The minimum absolute atomic E-state index is 0.636. The van der Waals surface area contributed by atoms with Crippen LogP contribution in [0.1, 0.15) is 284 Å². The molecular weight excluding hydrogens is 617 g/mol. The second kappa shape index (κ2) is 40.5. The van der Waals surface area contributed by atoms with Gasteiger partial charge in [0.15, 0.2) is 0 Å². The lowest BCUT2D eigenvalue weighted by Crippen LogP contribution is -2.39. The van der Waals surface area contributed by atoms with E-state index in [-0.39, 0.29) is 0 Å². The molecule has 1 aliphatic rings. The Kier molecular flexibility index (Phi) is 38.4. The van der Waals surface area contributed by atoms with Crippen LogP contribution in [0.15, 0.2) is 12.4 Å². The van der Waals surface area contributed by atoms with Crippen LogP contribution >= 0.6 is 0 Å². The van der Waals surface area contributed by atoms with Crippen molar-refractivity contribution in [1.29, 1.82) is 0 Å². The molecule has 0 fully saturated rings. The van der Waals surface area contributed by atoms with Crippen LogP contribution in [0, 0.1) is 0 Å². The van der Waals surface area contributed by atoms with Gasteiger partial charge in [-0.25, -0.2) is 0 Å². The van der Waals surface area contributed by atoms with Gasteiger partial charge >= 0.3 is 0 Å². The number of unbranched alkanes of at least 4 members (excludes halogenated alkanes) is 37. The van der Waals surface area contributed by atoms with E-state index in [2.05, 4.69) is 43.0 Å². The number of nitrogens with zero attached hydrogens (tertiary/aromatic N) is 2. The van der Waals surface area contributed by atoms with Gasteiger partial charge in [-0.1, -0.05) is 258 Å². The molecule has 0 N–H and O–H groups in total. The molecule has 304 valence electrons. The lowest BCUT2D eigenvalue weighted by atomic mass is 10.0. The highest BCUT2D eigenvalue weighted by molar-refractivity contribution is 4.97. The molecular formula is C49H98N2. The van der Waals surface area contributed by atoms with E-state index < -0.39 is 0 Å². The maximum absolute atomic E-state index is 2.74. The zero-order chi connectivity index (χ0) is 36.6. The number of hydrogen-bond acceptors (Lipinski definition) is 2. The first-order chi connectivity index (χ1) is 25.3. The lowest BCUT2D eigenvalue weighted by Gasteiger charge is -2.33. The second-order valence-corrected chi connectivity index (χ2v) is 17.1. The summed E-state index contributed by atoms with van der Waals surface area (Å²) in [6.45, 7) is 9.49. The Balaban J connectivity index is 2.19. The summed E-state index contributed by atoms with van der Waals surface area (Å²) < 4.78 is 0. The molecule has 2 heteroatoms. The van der Waals surface area contributed by atoms with Crippen molar-refractivity contribution >= 4 is 0 Å². The largest absolute Gasteiger partial charge is 0.356 e. The Morgan fingerprint density at radius 1 is 0.255 bits per heavy atom. The van der Waals surface area contributed by atoms with Crippen LogP contribution in [-0.2, 0) is 0 Å². The third-order valence-corrected chi connectivity index (χ3v) is 12.1. The highest BCUT2D eigenvalue weighted by Crippen LogP contribution is 2.24. The van der Waals surface area contributed by atoms with E-state index in [9.17, 15) is 0 Å². The topological polar surface area (TPSA) is 6.48 Å². The summed E-state index contributed by atoms with van der Waals surface area (Å²) in [5, 5.41) is 0. The summed E-state index contributed by atoms with van der Waals surface area (Å²) in [6, 6.07) is 0. The molecule has 0 spiro atoms. The van der Waals surface area contributed by atoms with Gasteiger partial charge in [0.05, 0.1) is 0 Å². The maximum atomic E-state index is 2.74. The monoisotopic (exact) mass is 715 g/mol. The molecule has 0 aliphatic carbocycles. The average molecular weight is 715 g/mol. The van der Waals surface area contributed by atoms with Crippen LogP contribution in [0.2, 0.25) is 0 Å². The van der Waals surface area contributed by atoms with E-state index in [1.54, 1.807) is 0 Å². The van der Waals surface area contributed by atoms with E-state index >= 15 is 0 Å². The van der Waals surface area contributed by atoms with Crippen molar-refractivity contribution in [2.45, 2.75) is 290 Å². The Bertz CT molecular complexity index is 673. The van der Waals surface area contributed by atoms with Gasteiger partial charge in [0, 0.05) is 25.5 Å². The van der Waals surface area contributed by atoms with Crippen molar-refractivity contribution in [2.24, 2.45) is 0 Å². The van der Waals surface area contributed by atoms with E-state index in [1.807, 2.05) is 0 Å². The minimum Gasteiger partial charge on any atom is -0.356 e. The van der Waals surface area contributed by atoms with Gasteiger partial charge in [-0.2, -0.15) is 0 Å². The Labute approximate surface area is 324 Å². The summed E-state index contributed by atoms with van der Waals surface area (Å²) in [5.74, 6) is 0. The van der Waals surface area contributed by atoms with Gasteiger partial charge in [0.1, 0.15) is 6.17 Å². The molecule has 0 aromatic carbocycles. The van der Waals surface area contributed by atoms with E-state index in [1.165, 1.54) is 276 Å². The fourth-order valence-electron chi connectivity index (χ4n) is 8.48. The fraction of sp³-hybridized carbons (Fsp3) is 0.959. The van der Waals surface area contributed by atoms with E-state index in [0.29, 0.717) is 6.17 Å². The van der Waals surface area contributed by atoms with Crippen molar-refractivity contribution in [1.82, 2.24) is 9.80 Å². The van der Waals surface area contributed by atoms with E-state index in [4.69, 9.17) is 0 Å². The summed E-state index contributed by atoms with van der Waals surface area (Å²) in [4.78, 5) is 5.48. The fourth-order valence-corrected chi connectivity index (χ4v) is 8.48. The summed E-state index contributed by atoms with van der Waals surface area (Å²) in [6.07, 6.45) is 64.9. The van der Waals surface area contributed by atoms with Crippen LogP contribution in [0.4, 0.5) is 0 Å². The van der Waals surface area contributed by atoms with Crippen LogP contribution < -0.4 is 0 Å². The molecule has 0 radical (unpaired) electrons. The minimum atomic E-state index is 0.636. The molecule has 0 saturated heterocycles. The van der Waals surface area contributed by atoms with Crippen LogP contribution in [-0.4, -0.2) is 29.1 Å². The molecule has 0 saturated carbocycles. The first kappa shape index (κ1) is 48.4. The molecule has 1 heterocycles. The molecule has 1 rings (SSSR count). The zero-order valence-electron chi connectivity index (χ0n) is 36.0. The normalized spacial score (nSPS) is 14.5. The Morgan fingerprint density at radius 3 is 0.686 bits per heavy atom. The van der Waals surface area contributed by atoms with Crippen molar-refractivity contribution in [3.8, 4) is 0 Å². The van der Waals surface area contributed by atoms with Gasteiger partial charge < -0.3 is 9.80 Å². The quantitative estimate of drug-likeness (QED) is 0.0580. The second-order valence-electron chi connectivity index (χ2n) is 17.1.